The van der Waals surface area contributed by atoms with Crippen molar-refractivity contribution < 1.29 is 19.0 Å². The number of anilines is 1. The first kappa shape index (κ1) is 25.8. The summed E-state index contributed by atoms with van der Waals surface area (Å²) in [6.07, 6.45) is 7.20. The fourth-order valence-corrected chi connectivity index (χ4v) is 3.97. The standard InChI is InChI=1S/C25H36FN5O3/c1-3-5-20-17-28-25(29-18-20)31-12-10-30(11-13-31)19(2)8-15-34-21-6-7-22(23(26)16-21)24(33)27-9-4-14-32/h6-7,16-19,32H,3-5,8-15H2,1-2H3,(H,27,33). The van der Waals surface area contributed by atoms with Gasteiger partial charge in [-0.3, -0.25) is 9.69 Å². The van der Waals surface area contributed by atoms with Crippen LogP contribution in [0.3, 0.4) is 0 Å². The van der Waals surface area contributed by atoms with Gasteiger partial charge in [-0.25, -0.2) is 14.4 Å². The zero-order valence-corrected chi connectivity index (χ0v) is 20.2. The number of aromatic nitrogens is 2. The number of piperazine rings is 1. The van der Waals surface area contributed by atoms with E-state index in [0.717, 1.165) is 51.4 Å². The Labute approximate surface area is 201 Å². The van der Waals surface area contributed by atoms with Crippen molar-refractivity contribution in [2.24, 2.45) is 0 Å². The van der Waals surface area contributed by atoms with Crippen LogP contribution in [-0.2, 0) is 6.42 Å². The Balaban J connectivity index is 1.40. The Morgan fingerprint density at radius 1 is 1.24 bits per heavy atom. The van der Waals surface area contributed by atoms with E-state index in [-0.39, 0.29) is 12.2 Å². The molecule has 1 aliphatic heterocycles. The summed E-state index contributed by atoms with van der Waals surface area (Å²) in [5.74, 6) is 0.0915. The average Bonchev–Trinajstić information content (AvgIpc) is 2.85. The van der Waals surface area contributed by atoms with Crippen molar-refractivity contribution in [3.8, 4) is 5.75 Å². The maximum Gasteiger partial charge on any atom is 0.254 e. The van der Waals surface area contributed by atoms with Gasteiger partial charge in [0.25, 0.3) is 5.91 Å². The Bertz CT molecular complexity index is 904. The first-order chi connectivity index (χ1) is 16.5. The number of aryl methyl sites for hydroxylation is 1. The third-order valence-corrected chi connectivity index (χ3v) is 6.06. The van der Waals surface area contributed by atoms with E-state index < -0.39 is 11.7 Å². The quantitative estimate of drug-likeness (QED) is 0.458. The zero-order chi connectivity index (χ0) is 24.3. The van der Waals surface area contributed by atoms with Gasteiger partial charge in [-0.15, -0.1) is 0 Å². The molecule has 3 rings (SSSR count). The van der Waals surface area contributed by atoms with Gasteiger partial charge < -0.3 is 20.1 Å². The normalized spacial score (nSPS) is 15.2. The van der Waals surface area contributed by atoms with Crippen LogP contribution >= 0.6 is 0 Å². The molecule has 2 N–H and O–H groups in total. The summed E-state index contributed by atoms with van der Waals surface area (Å²) in [7, 11) is 0. The number of carbonyl (C=O) groups is 1. The minimum atomic E-state index is -0.617. The van der Waals surface area contributed by atoms with E-state index in [1.807, 2.05) is 12.4 Å². The first-order valence-electron chi connectivity index (χ1n) is 12.1. The highest BCUT2D eigenvalue weighted by Crippen LogP contribution is 2.18. The van der Waals surface area contributed by atoms with E-state index in [1.165, 1.54) is 17.7 Å². The number of aliphatic hydroxyl groups excluding tert-OH is 1. The number of hydrogen-bond donors (Lipinski definition) is 2. The molecule has 0 radical (unpaired) electrons. The Kier molecular flexibility index (Phi) is 10.0. The van der Waals surface area contributed by atoms with Crippen LogP contribution in [-0.4, -0.2) is 77.9 Å². The molecule has 1 atom stereocenters. The van der Waals surface area contributed by atoms with E-state index >= 15 is 0 Å². The molecule has 1 aliphatic rings. The second-order valence-electron chi connectivity index (χ2n) is 8.63. The summed E-state index contributed by atoms with van der Waals surface area (Å²) >= 11 is 0. The van der Waals surface area contributed by atoms with E-state index in [0.29, 0.717) is 31.4 Å². The third-order valence-electron chi connectivity index (χ3n) is 6.06. The molecule has 8 nitrogen and oxygen atoms in total. The number of ether oxygens (including phenoxy) is 1. The van der Waals surface area contributed by atoms with Crippen LogP contribution in [0.25, 0.3) is 0 Å². The maximum atomic E-state index is 14.3. The predicted molar refractivity (Wildman–Crippen MR) is 130 cm³/mol. The van der Waals surface area contributed by atoms with Crippen molar-refractivity contribution in [2.45, 2.75) is 45.6 Å². The lowest BCUT2D eigenvalue weighted by Gasteiger charge is -2.38. The van der Waals surface area contributed by atoms with Gasteiger partial charge in [0.2, 0.25) is 5.95 Å². The minimum absolute atomic E-state index is 0.0228. The van der Waals surface area contributed by atoms with Crippen LogP contribution < -0.4 is 15.0 Å². The lowest BCUT2D eigenvalue weighted by Crippen LogP contribution is -2.50. The number of nitrogens with zero attached hydrogens (tertiary/aromatic N) is 4. The Morgan fingerprint density at radius 3 is 2.62 bits per heavy atom. The van der Waals surface area contributed by atoms with Gasteiger partial charge in [0.1, 0.15) is 11.6 Å². The SMILES string of the molecule is CCCc1cnc(N2CCN(C(C)CCOc3ccc(C(=O)NCCCO)c(F)c3)CC2)nc1. The molecule has 186 valence electrons. The number of aliphatic hydroxyl groups is 1. The fraction of sp³-hybridized carbons (Fsp3) is 0.560. The number of rotatable bonds is 12. The molecular weight excluding hydrogens is 437 g/mol. The second kappa shape index (κ2) is 13.2. The molecule has 34 heavy (non-hydrogen) atoms. The van der Waals surface area contributed by atoms with E-state index in [4.69, 9.17) is 9.84 Å². The lowest BCUT2D eigenvalue weighted by atomic mass is 10.1. The molecule has 0 aliphatic carbocycles. The summed E-state index contributed by atoms with van der Waals surface area (Å²) in [4.78, 5) is 25.7. The topological polar surface area (TPSA) is 90.8 Å². The molecular formula is C25H36FN5O3. The summed E-state index contributed by atoms with van der Waals surface area (Å²) in [6.45, 7) is 8.68. The number of carbonyl (C=O) groups excluding carboxylic acids is 1. The van der Waals surface area contributed by atoms with Crippen LogP contribution in [0.15, 0.2) is 30.6 Å². The molecule has 2 aromatic rings. The minimum Gasteiger partial charge on any atom is -0.493 e. The summed E-state index contributed by atoms with van der Waals surface area (Å²) < 4.78 is 20.1. The van der Waals surface area contributed by atoms with Crippen molar-refractivity contribution in [2.75, 3.05) is 50.8 Å². The zero-order valence-electron chi connectivity index (χ0n) is 20.2. The summed E-state index contributed by atoms with van der Waals surface area (Å²) in [5.41, 5.74) is 1.15. The average molecular weight is 474 g/mol. The number of halogens is 1. The Hall–Kier alpha value is -2.78. The van der Waals surface area contributed by atoms with Gasteiger partial charge in [0.15, 0.2) is 0 Å². The number of hydrogen-bond acceptors (Lipinski definition) is 7. The predicted octanol–water partition coefficient (Wildman–Crippen LogP) is 2.66. The van der Waals surface area contributed by atoms with Crippen LogP contribution in [0.1, 0.15) is 49.0 Å². The van der Waals surface area contributed by atoms with Crippen LogP contribution in [0, 0.1) is 5.82 Å². The molecule has 1 amide bonds. The molecule has 1 unspecified atom stereocenters. The van der Waals surface area contributed by atoms with Gasteiger partial charge in [0, 0.05) is 63.8 Å². The first-order valence-corrected chi connectivity index (χ1v) is 12.1. The highest BCUT2D eigenvalue weighted by Gasteiger charge is 2.22. The fourth-order valence-electron chi connectivity index (χ4n) is 3.97. The summed E-state index contributed by atoms with van der Waals surface area (Å²) in [6, 6.07) is 4.62. The molecule has 0 saturated carbocycles. The summed E-state index contributed by atoms with van der Waals surface area (Å²) in [5, 5.41) is 11.4. The van der Waals surface area contributed by atoms with Crippen molar-refractivity contribution in [1.29, 1.82) is 0 Å². The van der Waals surface area contributed by atoms with Crippen LogP contribution in [0.4, 0.5) is 10.3 Å². The van der Waals surface area contributed by atoms with Crippen molar-refractivity contribution in [3.05, 3.63) is 47.5 Å². The van der Waals surface area contributed by atoms with Gasteiger partial charge in [-0.05, 0) is 43.9 Å². The number of benzene rings is 1. The Morgan fingerprint density at radius 2 is 1.97 bits per heavy atom. The molecule has 1 saturated heterocycles. The maximum absolute atomic E-state index is 14.3. The van der Waals surface area contributed by atoms with Crippen LogP contribution in [0.5, 0.6) is 5.75 Å². The monoisotopic (exact) mass is 473 g/mol. The molecule has 1 aromatic heterocycles. The van der Waals surface area contributed by atoms with Gasteiger partial charge in [-0.2, -0.15) is 0 Å². The molecule has 1 aromatic carbocycles. The van der Waals surface area contributed by atoms with E-state index in [9.17, 15) is 9.18 Å². The second-order valence-corrected chi connectivity index (χ2v) is 8.63. The van der Waals surface area contributed by atoms with Crippen molar-refractivity contribution in [1.82, 2.24) is 20.2 Å². The van der Waals surface area contributed by atoms with Crippen molar-refractivity contribution in [3.63, 3.8) is 0 Å². The lowest BCUT2D eigenvalue weighted by molar-refractivity contribution is 0.0947. The molecule has 9 heteroatoms. The molecule has 0 bridgehead atoms. The highest BCUT2D eigenvalue weighted by atomic mass is 19.1. The molecule has 1 fully saturated rings. The van der Waals surface area contributed by atoms with Crippen molar-refractivity contribution >= 4 is 11.9 Å². The van der Waals surface area contributed by atoms with E-state index in [1.54, 1.807) is 6.07 Å². The van der Waals surface area contributed by atoms with Gasteiger partial charge in [0.05, 0.1) is 12.2 Å². The number of nitrogens with one attached hydrogen (secondary N) is 1. The van der Waals surface area contributed by atoms with Gasteiger partial charge in [-0.1, -0.05) is 13.3 Å². The smallest absolute Gasteiger partial charge is 0.254 e. The molecule has 0 spiro atoms. The van der Waals surface area contributed by atoms with E-state index in [2.05, 4.69) is 38.9 Å². The highest BCUT2D eigenvalue weighted by molar-refractivity contribution is 5.94. The largest absolute Gasteiger partial charge is 0.493 e. The number of amides is 1. The third kappa shape index (κ3) is 7.36. The van der Waals surface area contributed by atoms with Gasteiger partial charge >= 0.3 is 0 Å². The molecule has 2 heterocycles. The van der Waals surface area contributed by atoms with Crippen LogP contribution in [0.2, 0.25) is 0 Å².